The Bertz CT molecular complexity index is 891. The molecule has 0 N–H and O–H groups in total. The van der Waals surface area contributed by atoms with Crippen LogP contribution in [0.2, 0.25) is 0 Å². The van der Waals surface area contributed by atoms with Crippen LogP contribution < -0.4 is 0 Å². The van der Waals surface area contributed by atoms with E-state index in [4.69, 9.17) is 0 Å². The van der Waals surface area contributed by atoms with Crippen LogP contribution in [-0.2, 0) is 12.8 Å². The average Bonchev–Trinajstić information content (AvgIpc) is 2.79. The molecule has 166 valence electrons. The highest BCUT2D eigenvalue weighted by Gasteiger charge is 2.28. The van der Waals surface area contributed by atoms with Crippen LogP contribution in [0.15, 0.2) is 60.7 Å². The van der Waals surface area contributed by atoms with Gasteiger partial charge in [0.2, 0.25) is 0 Å². The molecule has 0 aromatic heterocycles. The van der Waals surface area contributed by atoms with Gasteiger partial charge in [-0.25, -0.2) is 8.78 Å². The zero-order chi connectivity index (χ0) is 22.1. The van der Waals surface area contributed by atoms with Gasteiger partial charge in [-0.05, 0) is 66.7 Å². The Morgan fingerprint density at radius 2 is 1.55 bits per heavy atom. The van der Waals surface area contributed by atoms with Gasteiger partial charge in [-0.15, -0.1) is 0 Å². The van der Waals surface area contributed by atoms with Crippen molar-refractivity contribution in [2.24, 2.45) is 5.41 Å². The summed E-state index contributed by atoms with van der Waals surface area (Å²) in [5.74, 6) is -1.54. The van der Waals surface area contributed by atoms with E-state index in [0.29, 0.717) is 5.56 Å². The summed E-state index contributed by atoms with van der Waals surface area (Å²) in [6.45, 7) is 4.46. The predicted octanol–water partition coefficient (Wildman–Crippen LogP) is 8.85. The van der Waals surface area contributed by atoms with Gasteiger partial charge in [0.1, 0.15) is 0 Å². The molecule has 0 saturated carbocycles. The van der Waals surface area contributed by atoms with Gasteiger partial charge in [0.15, 0.2) is 11.6 Å². The number of hydrogen-bond acceptors (Lipinski definition) is 0. The van der Waals surface area contributed by atoms with E-state index in [1.807, 2.05) is 6.08 Å². The average molecular weight is 423 g/mol. The van der Waals surface area contributed by atoms with Gasteiger partial charge in [-0.1, -0.05) is 94.2 Å². The van der Waals surface area contributed by atoms with E-state index in [1.54, 1.807) is 12.1 Å². The number of allylic oxidation sites excluding steroid dienone is 4. The van der Waals surface area contributed by atoms with Crippen molar-refractivity contribution in [1.82, 2.24) is 0 Å². The van der Waals surface area contributed by atoms with Crippen molar-refractivity contribution in [3.8, 4) is 0 Å². The van der Waals surface area contributed by atoms with Crippen molar-refractivity contribution >= 4 is 5.57 Å². The molecule has 1 aliphatic rings. The van der Waals surface area contributed by atoms with Crippen molar-refractivity contribution in [3.63, 3.8) is 0 Å². The molecule has 2 heteroatoms. The summed E-state index contributed by atoms with van der Waals surface area (Å²) in [6.07, 6.45) is 17.9. The highest BCUT2D eigenvalue weighted by molar-refractivity contribution is 5.75. The lowest BCUT2D eigenvalue weighted by Crippen LogP contribution is -2.20. The Hall–Kier alpha value is -2.22. The minimum absolute atomic E-state index is 0.0981. The van der Waals surface area contributed by atoms with E-state index in [1.165, 1.54) is 49.3 Å². The molecule has 0 aliphatic heterocycles. The van der Waals surface area contributed by atoms with E-state index >= 15 is 0 Å². The topological polar surface area (TPSA) is 0 Å². The molecule has 0 saturated heterocycles. The third kappa shape index (κ3) is 6.38. The second-order valence-electron chi connectivity index (χ2n) is 9.04. The SMILES string of the molecule is CCCCCCc1ccc(CCC2(CCC)C=CC(c3cccc(F)c3F)=CC2)cc1. The molecular weight excluding hydrogens is 386 g/mol. The van der Waals surface area contributed by atoms with E-state index in [-0.39, 0.29) is 5.41 Å². The van der Waals surface area contributed by atoms with Crippen molar-refractivity contribution < 1.29 is 8.78 Å². The van der Waals surface area contributed by atoms with Gasteiger partial charge in [0.05, 0.1) is 0 Å². The normalized spacial score (nSPS) is 18.3. The highest BCUT2D eigenvalue weighted by atomic mass is 19.2. The monoisotopic (exact) mass is 422 g/mol. The van der Waals surface area contributed by atoms with Gasteiger partial charge < -0.3 is 0 Å². The first kappa shape index (κ1) is 23.4. The first-order valence-electron chi connectivity index (χ1n) is 12.0. The molecule has 0 spiro atoms. The van der Waals surface area contributed by atoms with Crippen LogP contribution in [0.3, 0.4) is 0 Å². The van der Waals surface area contributed by atoms with E-state index < -0.39 is 11.6 Å². The van der Waals surface area contributed by atoms with Gasteiger partial charge in [-0.3, -0.25) is 0 Å². The van der Waals surface area contributed by atoms with Gasteiger partial charge in [0.25, 0.3) is 0 Å². The number of halogens is 2. The second kappa shape index (κ2) is 11.4. The maximum atomic E-state index is 14.2. The Morgan fingerprint density at radius 3 is 2.19 bits per heavy atom. The fourth-order valence-corrected chi connectivity index (χ4v) is 4.66. The van der Waals surface area contributed by atoms with Gasteiger partial charge in [0, 0.05) is 5.56 Å². The molecule has 2 aromatic rings. The van der Waals surface area contributed by atoms with Crippen LogP contribution in [0.5, 0.6) is 0 Å². The zero-order valence-electron chi connectivity index (χ0n) is 19.1. The maximum Gasteiger partial charge on any atom is 0.166 e. The molecule has 0 radical (unpaired) electrons. The molecule has 0 amide bonds. The number of rotatable bonds is 11. The van der Waals surface area contributed by atoms with Crippen LogP contribution in [0.1, 0.15) is 81.9 Å². The summed E-state index contributed by atoms with van der Waals surface area (Å²) in [5.41, 5.74) is 4.06. The third-order valence-corrected chi connectivity index (χ3v) is 6.61. The Balaban J connectivity index is 1.61. The van der Waals surface area contributed by atoms with Crippen LogP contribution >= 0.6 is 0 Å². The maximum absolute atomic E-state index is 14.2. The lowest BCUT2D eigenvalue weighted by molar-refractivity contribution is 0.321. The molecule has 0 nitrogen and oxygen atoms in total. The van der Waals surface area contributed by atoms with Gasteiger partial charge >= 0.3 is 0 Å². The van der Waals surface area contributed by atoms with Crippen molar-refractivity contribution in [2.75, 3.05) is 0 Å². The highest BCUT2D eigenvalue weighted by Crippen LogP contribution is 2.41. The summed E-state index contributed by atoms with van der Waals surface area (Å²) >= 11 is 0. The summed E-state index contributed by atoms with van der Waals surface area (Å²) < 4.78 is 27.8. The molecule has 0 fully saturated rings. The first-order valence-corrected chi connectivity index (χ1v) is 12.0. The third-order valence-electron chi connectivity index (χ3n) is 6.61. The molecular formula is C29H36F2. The minimum atomic E-state index is -0.786. The van der Waals surface area contributed by atoms with Crippen LogP contribution in [0, 0.1) is 17.0 Å². The standard InChI is InChI=1S/C29H36F2/c1-3-5-6-7-9-23-12-14-24(15-13-23)16-20-29(19-4-2)21-17-25(18-22-29)26-10-8-11-27(30)28(26)31/h8,10-15,17-18,21H,3-7,9,16,19-20,22H2,1-2H3. The summed E-state index contributed by atoms with van der Waals surface area (Å²) in [4.78, 5) is 0. The Labute approximate surface area is 187 Å². The fourth-order valence-electron chi connectivity index (χ4n) is 4.66. The molecule has 3 rings (SSSR count). The Kier molecular flexibility index (Phi) is 8.63. The summed E-state index contributed by atoms with van der Waals surface area (Å²) in [5, 5.41) is 0. The molecule has 2 aromatic carbocycles. The second-order valence-corrected chi connectivity index (χ2v) is 9.04. The van der Waals surface area contributed by atoms with Crippen molar-refractivity contribution in [3.05, 3.63) is 89.0 Å². The minimum Gasteiger partial charge on any atom is -0.204 e. The molecule has 1 aliphatic carbocycles. The van der Waals surface area contributed by atoms with Crippen molar-refractivity contribution in [2.45, 2.75) is 78.1 Å². The van der Waals surface area contributed by atoms with E-state index in [2.05, 4.69) is 50.3 Å². The van der Waals surface area contributed by atoms with Crippen LogP contribution in [0.4, 0.5) is 8.78 Å². The predicted molar refractivity (Wildman–Crippen MR) is 128 cm³/mol. The molecule has 1 unspecified atom stereocenters. The molecule has 0 bridgehead atoms. The lowest BCUT2D eigenvalue weighted by atomic mass is 9.72. The number of unbranched alkanes of at least 4 members (excludes halogenated alkanes) is 3. The van der Waals surface area contributed by atoms with E-state index in [9.17, 15) is 8.78 Å². The van der Waals surface area contributed by atoms with Crippen LogP contribution in [0.25, 0.3) is 5.57 Å². The molecule has 31 heavy (non-hydrogen) atoms. The quantitative estimate of drug-likeness (QED) is 0.317. The van der Waals surface area contributed by atoms with Crippen LogP contribution in [-0.4, -0.2) is 0 Å². The van der Waals surface area contributed by atoms with E-state index in [0.717, 1.165) is 37.7 Å². The summed E-state index contributed by atoms with van der Waals surface area (Å²) in [6, 6.07) is 13.5. The Morgan fingerprint density at radius 1 is 0.806 bits per heavy atom. The number of benzene rings is 2. The first-order chi connectivity index (χ1) is 15.1. The number of aryl methyl sites for hydroxylation is 2. The van der Waals surface area contributed by atoms with Gasteiger partial charge in [-0.2, -0.15) is 0 Å². The summed E-state index contributed by atoms with van der Waals surface area (Å²) in [7, 11) is 0. The molecule has 0 heterocycles. The fraction of sp³-hybridized carbons (Fsp3) is 0.448. The lowest BCUT2D eigenvalue weighted by Gasteiger charge is -2.32. The zero-order valence-corrected chi connectivity index (χ0v) is 19.1. The smallest absolute Gasteiger partial charge is 0.166 e. The molecule has 1 atom stereocenters. The number of hydrogen-bond donors (Lipinski definition) is 0. The largest absolute Gasteiger partial charge is 0.204 e. The van der Waals surface area contributed by atoms with Crippen molar-refractivity contribution in [1.29, 1.82) is 0 Å².